The van der Waals surface area contributed by atoms with Crippen LogP contribution in [0.15, 0.2) is 0 Å². The Bertz CT molecular complexity index is 225. The number of ether oxygens (including phenoxy) is 1. The summed E-state index contributed by atoms with van der Waals surface area (Å²) < 4.78 is 5.20. The average molecular weight is 187 g/mol. The Hall–Kier alpha value is -0.585. The van der Waals surface area contributed by atoms with Crippen LogP contribution in [-0.4, -0.2) is 48.8 Å². The van der Waals surface area contributed by atoms with E-state index >= 15 is 0 Å². The molecule has 13 heavy (non-hydrogen) atoms. The standard InChI is InChI=1S/C7H14BNO4/c1-7(6(9)12)3(2-10)13-5(8)4(7)11/h3-5,10-11H,2,8H2,1H3,(H2,9,12)/t3?,4?,5-,7+/m0/s1. The Morgan fingerprint density at radius 2 is 2.31 bits per heavy atom. The number of amides is 1. The summed E-state index contributed by atoms with van der Waals surface area (Å²) in [5.74, 6) is -0.650. The summed E-state index contributed by atoms with van der Waals surface area (Å²) in [6, 6.07) is -0.477. The topological polar surface area (TPSA) is 92.8 Å². The highest BCUT2D eigenvalue weighted by molar-refractivity contribution is 6.12. The zero-order valence-corrected chi connectivity index (χ0v) is 7.73. The molecule has 0 radical (unpaired) electrons. The molecule has 1 heterocycles. The van der Waals surface area contributed by atoms with E-state index in [0.717, 1.165) is 0 Å². The van der Waals surface area contributed by atoms with Gasteiger partial charge in [0, 0.05) is 0 Å². The minimum Gasteiger partial charge on any atom is -0.394 e. The minimum atomic E-state index is -1.19. The van der Waals surface area contributed by atoms with Crippen molar-refractivity contribution < 1.29 is 19.7 Å². The lowest BCUT2D eigenvalue weighted by atomic mass is 9.75. The van der Waals surface area contributed by atoms with Crippen molar-refractivity contribution in [1.82, 2.24) is 0 Å². The summed E-state index contributed by atoms with van der Waals surface area (Å²) in [4.78, 5) is 11.1. The molecule has 5 nitrogen and oxygen atoms in total. The molecule has 1 amide bonds. The molecular formula is C7H14BNO4. The highest BCUT2D eigenvalue weighted by atomic mass is 16.5. The van der Waals surface area contributed by atoms with Gasteiger partial charge in [-0.15, -0.1) is 0 Å². The fourth-order valence-electron chi connectivity index (χ4n) is 1.69. The van der Waals surface area contributed by atoms with E-state index < -0.39 is 29.5 Å². The van der Waals surface area contributed by atoms with Crippen LogP contribution < -0.4 is 5.73 Å². The molecule has 1 aliphatic heterocycles. The van der Waals surface area contributed by atoms with E-state index in [-0.39, 0.29) is 6.61 Å². The average Bonchev–Trinajstić information content (AvgIpc) is 2.30. The van der Waals surface area contributed by atoms with Crippen LogP contribution >= 0.6 is 0 Å². The summed E-state index contributed by atoms with van der Waals surface area (Å²) in [5.41, 5.74) is 3.97. The first-order valence-electron chi connectivity index (χ1n) is 4.18. The van der Waals surface area contributed by atoms with Gasteiger partial charge in [-0.3, -0.25) is 4.79 Å². The second-order valence-electron chi connectivity index (χ2n) is 3.60. The third-order valence-electron chi connectivity index (χ3n) is 2.80. The molecule has 1 fully saturated rings. The van der Waals surface area contributed by atoms with Crippen molar-refractivity contribution >= 4 is 13.8 Å². The fraction of sp³-hybridized carbons (Fsp3) is 0.857. The molecule has 1 aliphatic rings. The first-order chi connectivity index (χ1) is 5.94. The zero-order chi connectivity index (χ0) is 10.2. The van der Waals surface area contributed by atoms with Crippen molar-refractivity contribution in [2.24, 2.45) is 11.1 Å². The molecule has 4 N–H and O–H groups in total. The molecule has 6 heteroatoms. The number of rotatable bonds is 2. The van der Waals surface area contributed by atoms with E-state index in [1.54, 1.807) is 7.85 Å². The largest absolute Gasteiger partial charge is 0.394 e. The van der Waals surface area contributed by atoms with Gasteiger partial charge in [-0.1, -0.05) is 0 Å². The second kappa shape index (κ2) is 3.28. The lowest BCUT2D eigenvalue weighted by Crippen LogP contribution is -2.50. The van der Waals surface area contributed by atoms with E-state index in [2.05, 4.69) is 0 Å². The summed E-state index contributed by atoms with van der Waals surface area (Å²) in [6.45, 7) is 1.19. The summed E-state index contributed by atoms with van der Waals surface area (Å²) in [6.07, 6.45) is -1.67. The number of hydrogen-bond acceptors (Lipinski definition) is 4. The second-order valence-corrected chi connectivity index (χ2v) is 3.60. The van der Waals surface area contributed by atoms with E-state index in [0.29, 0.717) is 0 Å². The molecule has 2 unspecified atom stereocenters. The first kappa shape index (κ1) is 10.5. The predicted octanol–water partition coefficient (Wildman–Crippen LogP) is -2.81. The van der Waals surface area contributed by atoms with E-state index in [9.17, 15) is 9.90 Å². The van der Waals surface area contributed by atoms with Crippen molar-refractivity contribution in [2.75, 3.05) is 6.61 Å². The number of hydrogen-bond donors (Lipinski definition) is 3. The molecule has 1 saturated heterocycles. The molecule has 0 saturated carbocycles. The maximum Gasteiger partial charge on any atom is 0.228 e. The summed E-state index contributed by atoms with van der Waals surface area (Å²) in [7, 11) is 1.64. The maximum atomic E-state index is 11.1. The lowest BCUT2D eigenvalue weighted by Gasteiger charge is -2.27. The zero-order valence-electron chi connectivity index (χ0n) is 7.73. The molecule has 0 spiro atoms. The van der Waals surface area contributed by atoms with Gasteiger partial charge < -0.3 is 20.7 Å². The van der Waals surface area contributed by atoms with Gasteiger partial charge in [0.2, 0.25) is 5.91 Å². The van der Waals surface area contributed by atoms with Gasteiger partial charge in [0.25, 0.3) is 0 Å². The third-order valence-corrected chi connectivity index (χ3v) is 2.80. The normalized spacial score (nSPS) is 45.0. The van der Waals surface area contributed by atoms with Crippen LogP contribution in [0.3, 0.4) is 0 Å². The Morgan fingerprint density at radius 1 is 1.77 bits per heavy atom. The number of carbonyl (C=O) groups is 1. The van der Waals surface area contributed by atoms with Gasteiger partial charge >= 0.3 is 0 Å². The smallest absolute Gasteiger partial charge is 0.228 e. The van der Waals surface area contributed by atoms with Crippen LogP contribution in [0.2, 0.25) is 0 Å². The Morgan fingerprint density at radius 3 is 2.62 bits per heavy atom. The van der Waals surface area contributed by atoms with Crippen molar-refractivity contribution in [2.45, 2.75) is 25.1 Å². The first-order valence-corrected chi connectivity index (χ1v) is 4.18. The predicted molar refractivity (Wildman–Crippen MR) is 47.6 cm³/mol. The quantitative estimate of drug-likeness (QED) is 0.407. The van der Waals surface area contributed by atoms with Gasteiger partial charge in [0.1, 0.15) is 13.3 Å². The molecule has 0 aromatic carbocycles. The van der Waals surface area contributed by atoms with E-state index in [4.69, 9.17) is 15.6 Å². The highest BCUT2D eigenvalue weighted by Crippen LogP contribution is 2.37. The molecule has 1 rings (SSSR count). The van der Waals surface area contributed by atoms with Gasteiger partial charge in [0.05, 0.1) is 24.8 Å². The van der Waals surface area contributed by atoms with Gasteiger partial charge in [0.15, 0.2) is 0 Å². The number of aliphatic hydroxyl groups is 2. The molecule has 0 aromatic rings. The van der Waals surface area contributed by atoms with Crippen LogP contribution in [0, 0.1) is 5.41 Å². The maximum absolute atomic E-state index is 11.1. The van der Waals surface area contributed by atoms with Gasteiger partial charge in [-0.05, 0) is 6.92 Å². The van der Waals surface area contributed by atoms with Gasteiger partial charge in [-0.2, -0.15) is 0 Å². The highest BCUT2D eigenvalue weighted by Gasteiger charge is 2.54. The van der Waals surface area contributed by atoms with Crippen molar-refractivity contribution in [3.8, 4) is 0 Å². The Kier molecular flexibility index (Phi) is 2.65. The monoisotopic (exact) mass is 187 g/mol. The van der Waals surface area contributed by atoms with E-state index in [1.165, 1.54) is 6.92 Å². The number of aliphatic hydroxyl groups excluding tert-OH is 2. The van der Waals surface area contributed by atoms with Crippen molar-refractivity contribution in [3.05, 3.63) is 0 Å². The SMILES string of the molecule is B[C@H]1OC(CO)[C@@](C)(C(N)=O)C1O. The van der Waals surface area contributed by atoms with Gasteiger partial charge in [-0.25, -0.2) is 0 Å². The van der Waals surface area contributed by atoms with Crippen LogP contribution in [-0.2, 0) is 9.53 Å². The minimum absolute atomic E-state index is 0.319. The summed E-state index contributed by atoms with van der Waals surface area (Å²) >= 11 is 0. The molecular weight excluding hydrogens is 173 g/mol. The Balaban J connectivity index is 2.97. The Labute approximate surface area is 77.3 Å². The number of primary amides is 1. The summed E-state index contributed by atoms with van der Waals surface area (Å²) in [5, 5.41) is 18.6. The molecule has 4 atom stereocenters. The molecule has 0 aromatic heterocycles. The van der Waals surface area contributed by atoms with Crippen molar-refractivity contribution in [3.63, 3.8) is 0 Å². The van der Waals surface area contributed by atoms with Crippen molar-refractivity contribution in [1.29, 1.82) is 0 Å². The molecule has 0 aliphatic carbocycles. The number of nitrogens with two attached hydrogens (primary N) is 1. The van der Waals surface area contributed by atoms with E-state index in [1.807, 2.05) is 0 Å². The van der Waals surface area contributed by atoms with Crippen LogP contribution in [0.1, 0.15) is 6.92 Å². The third kappa shape index (κ3) is 1.35. The van der Waals surface area contributed by atoms with Crippen LogP contribution in [0.5, 0.6) is 0 Å². The van der Waals surface area contributed by atoms with Crippen LogP contribution in [0.4, 0.5) is 0 Å². The molecule has 74 valence electrons. The molecule has 0 bridgehead atoms. The lowest BCUT2D eigenvalue weighted by molar-refractivity contribution is -0.135. The van der Waals surface area contributed by atoms with Crippen LogP contribution in [0.25, 0.3) is 0 Å². The number of carbonyl (C=O) groups excluding carboxylic acids is 1. The fourth-order valence-corrected chi connectivity index (χ4v) is 1.69.